The second kappa shape index (κ2) is 10.7. The van der Waals surface area contributed by atoms with Crippen LogP contribution in [-0.4, -0.2) is 58.9 Å². The topological polar surface area (TPSA) is 109 Å². The summed E-state index contributed by atoms with van der Waals surface area (Å²) in [4.78, 5) is 16.0. The Balaban J connectivity index is 1.98. The minimum absolute atomic E-state index is 0.00453. The van der Waals surface area contributed by atoms with E-state index >= 15 is 0 Å². The normalized spacial score (nSPS) is 14.0. The molecule has 2 aromatic rings. The number of thiazole rings is 1. The van der Waals surface area contributed by atoms with E-state index in [2.05, 4.69) is 4.98 Å². The Kier molecular flexibility index (Phi) is 8.59. The van der Waals surface area contributed by atoms with Crippen LogP contribution in [0.5, 0.6) is 5.75 Å². The molecular weight excluding hydrogens is 423 g/mol. The van der Waals surface area contributed by atoms with Crippen LogP contribution < -0.4 is 10.5 Å². The van der Waals surface area contributed by atoms with E-state index in [-0.39, 0.29) is 37.9 Å². The standard InChI is InChI=1S/C19H24F3N3O4S/c1-12(13-2-4-14(5-3-13)29-10-17(23)28)8-25(6-7-26)9-16(27)15-11-30-18(24-15)19(20,21)22/h2-5,11-12,16,26-27H,6-10H2,1H3,(H2,23,28). The van der Waals surface area contributed by atoms with Crippen LogP contribution in [0, 0.1) is 0 Å². The van der Waals surface area contributed by atoms with Gasteiger partial charge in [-0.3, -0.25) is 9.69 Å². The van der Waals surface area contributed by atoms with Gasteiger partial charge in [0, 0.05) is 25.0 Å². The van der Waals surface area contributed by atoms with Crippen LogP contribution >= 0.6 is 11.3 Å². The molecule has 0 aliphatic heterocycles. The smallest absolute Gasteiger partial charge is 0.443 e. The van der Waals surface area contributed by atoms with E-state index in [4.69, 9.17) is 10.5 Å². The molecule has 2 atom stereocenters. The van der Waals surface area contributed by atoms with Gasteiger partial charge >= 0.3 is 6.18 Å². The second-order valence-electron chi connectivity index (χ2n) is 6.80. The molecule has 166 valence electrons. The summed E-state index contributed by atoms with van der Waals surface area (Å²) in [6.07, 6.45) is -5.75. The minimum atomic E-state index is -4.55. The molecule has 11 heteroatoms. The van der Waals surface area contributed by atoms with Crippen molar-refractivity contribution in [1.82, 2.24) is 9.88 Å². The third-order valence-electron chi connectivity index (χ3n) is 4.32. The SMILES string of the molecule is CC(CN(CCO)CC(O)c1csc(C(F)(F)F)n1)c1ccc(OCC(N)=O)cc1. The number of carbonyl (C=O) groups excluding carboxylic acids is 1. The zero-order valence-corrected chi connectivity index (χ0v) is 17.1. The second-order valence-corrected chi connectivity index (χ2v) is 7.66. The number of primary amides is 1. The maximum absolute atomic E-state index is 12.7. The van der Waals surface area contributed by atoms with Crippen LogP contribution in [0.15, 0.2) is 29.6 Å². The molecule has 1 aromatic carbocycles. The molecular formula is C19H24F3N3O4S. The molecule has 0 fully saturated rings. The number of carbonyl (C=O) groups is 1. The number of nitrogens with zero attached hydrogens (tertiary/aromatic N) is 2. The van der Waals surface area contributed by atoms with Gasteiger partial charge in [0.15, 0.2) is 11.6 Å². The lowest BCUT2D eigenvalue weighted by molar-refractivity contribution is -0.137. The highest BCUT2D eigenvalue weighted by Crippen LogP contribution is 2.33. The largest absolute Gasteiger partial charge is 0.484 e. The number of amides is 1. The Morgan fingerprint density at radius 2 is 1.97 bits per heavy atom. The van der Waals surface area contributed by atoms with Crippen molar-refractivity contribution in [2.45, 2.75) is 25.1 Å². The fourth-order valence-electron chi connectivity index (χ4n) is 2.85. The van der Waals surface area contributed by atoms with Crippen molar-refractivity contribution < 1.29 is 32.9 Å². The van der Waals surface area contributed by atoms with Crippen LogP contribution in [0.2, 0.25) is 0 Å². The van der Waals surface area contributed by atoms with E-state index in [1.807, 2.05) is 19.1 Å². The fraction of sp³-hybridized carbons (Fsp3) is 0.474. The van der Waals surface area contributed by atoms with Crippen molar-refractivity contribution in [3.8, 4) is 5.75 Å². The number of aromatic nitrogens is 1. The number of nitrogens with two attached hydrogens (primary N) is 1. The number of halogens is 3. The predicted molar refractivity (Wildman–Crippen MR) is 105 cm³/mol. The summed E-state index contributed by atoms with van der Waals surface area (Å²) in [5.41, 5.74) is 5.94. The first-order valence-electron chi connectivity index (χ1n) is 9.15. The molecule has 0 aliphatic rings. The summed E-state index contributed by atoms with van der Waals surface area (Å²) >= 11 is 0.438. The number of benzene rings is 1. The van der Waals surface area contributed by atoms with Crippen LogP contribution in [-0.2, 0) is 11.0 Å². The molecule has 0 saturated carbocycles. The number of hydrogen-bond acceptors (Lipinski definition) is 7. The molecule has 2 rings (SSSR count). The maximum atomic E-state index is 12.7. The number of rotatable bonds is 11. The molecule has 0 bridgehead atoms. The number of aliphatic hydroxyl groups excluding tert-OH is 2. The van der Waals surface area contributed by atoms with Gasteiger partial charge in [0.25, 0.3) is 5.91 Å². The molecule has 0 spiro atoms. The Hall–Kier alpha value is -2.21. The van der Waals surface area contributed by atoms with Crippen LogP contribution in [0.25, 0.3) is 0 Å². The van der Waals surface area contributed by atoms with E-state index in [1.54, 1.807) is 17.0 Å². The van der Waals surface area contributed by atoms with Gasteiger partial charge in [0.1, 0.15) is 11.9 Å². The lowest BCUT2D eigenvalue weighted by Crippen LogP contribution is -2.34. The molecule has 1 heterocycles. The van der Waals surface area contributed by atoms with Crippen molar-refractivity contribution in [1.29, 1.82) is 0 Å². The Labute approximate surface area is 175 Å². The highest BCUT2D eigenvalue weighted by atomic mass is 32.1. The Bertz CT molecular complexity index is 814. The lowest BCUT2D eigenvalue weighted by atomic mass is 10.00. The van der Waals surface area contributed by atoms with E-state index in [1.165, 1.54) is 5.38 Å². The maximum Gasteiger partial charge on any atom is 0.443 e. The molecule has 7 nitrogen and oxygen atoms in total. The first-order chi connectivity index (χ1) is 14.1. The van der Waals surface area contributed by atoms with E-state index in [0.29, 0.717) is 23.6 Å². The minimum Gasteiger partial charge on any atom is -0.484 e. The van der Waals surface area contributed by atoms with Crippen LogP contribution in [0.4, 0.5) is 13.2 Å². The summed E-state index contributed by atoms with van der Waals surface area (Å²) in [6.45, 7) is 2.30. The van der Waals surface area contributed by atoms with Crippen molar-refractivity contribution in [2.24, 2.45) is 5.73 Å². The van der Waals surface area contributed by atoms with Crippen LogP contribution in [0.1, 0.15) is 35.2 Å². The molecule has 0 saturated heterocycles. The highest BCUT2D eigenvalue weighted by Gasteiger charge is 2.35. The summed E-state index contributed by atoms with van der Waals surface area (Å²) in [6, 6.07) is 7.05. The van der Waals surface area contributed by atoms with Crippen molar-refractivity contribution in [2.75, 3.05) is 32.8 Å². The Morgan fingerprint density at radius 1 is 1.30 bits per heavy atom. The highest BCUT2D eigenvalue weighted by molar-refractivity contribution is 7.09. The average molecular weight is 447 g/mol. The predicted octanol–water partition coefficient (Wildman–Crippen LogP) is 2.16. The summed E-state index contributed by atoms with van der Waals surface area (Å²) < 4.78 is 43.4. The molecule has 0 radical (unpaired) electrons. The number of ether oxygens (including phenoxy) is 1. The first kappa shape index (κ1) is 24.1. The van der Waals surface area contributed by atoms with Crippen molar-refractivity contribution in [3.63, 3.8) is 0 Å². The molecule has 0 aliphatic carbocycles. The third-order valence-corrected chi connectivity index (χ3v) is 5.22. The number of alkyl halides is 3. The molecule has 1 amide bonds. The van der Waals surface area contributed by atoms with E-state index in [9.17, 15) is 28.2 Å². The molecule has 4 N–H and O–H groups in total. The molecule has 30 heavy (non-hydrogen) atoms. The Morgan fingerprint density at radius 3 is 2.50 bits per heavy atom. The van der Waals surface area contributed by atoms with Crippen molar-refractivity contribution in [3.05, 3.63) is 45.9 Å². The lowest BCUT2D eigenvalue weighted by Gasteiger charge is -2.27. The third kappa shape index (κ3) is 7.24. The van der Waals surface area contributed by atoms with Gasteiger partial charge in [0.05, 0.1) is 12.3 Å². The van der Waals surface area contributed by atoms with Crippen LogP contribution in [0.3, 0.4) is 0 Å². The zero-order valence-electron chi connectivity index (χ0n) is 16.3. The van der Waals surface area contributed by atoms with Crippen molar-refractivity contribution >= 4 is 17.2 Å². The summed E-state index contributed by atoms with van der Waals surface area (Å²) in [7, 11) is 0. The first-order valence-corrected chi connectivity index (χ1v) is 10.0. The van der Waals surface area contributed by atoms with Gasteiger partial charge in [0.2, 0.25) is 0 Å². The van der Waals surface area contributed by atoms with Gasteiger partial charge in [-0.2, -0.15) is 13.2 Å². The van der Waals surface area contributed by atoms with Gasteiger partial charge in [-0.25, -0.2) is 4.98 Å². The average Bonchev–Trinajstić information content (AvgIpc) is 3.18. The quantitative estimate of drug-likeness (QED) is 0.487. The van der Waals surface area contributed by atoms with E-state index in [0.717, 1.165) is 5.56 Å². The molecule has 1 aromatic heterocycles. The van der Waals surface area contributed by atoms with Gasteiger partial charge in [-0.05, 0) is 23.6 Å². The summed E-state index contributed by atoms with van der Waals surface area (Å²) in [5, 5.41) is 19.8. The number of hydrogen-bond donors (Lipinski definition) is 3. The number of aliphatic hydroxyl groups is 2. The summed E-state index contributed by atoms with van der Waals surface area (Å²) in [5.74, 6) is -0.0837. The van der Waals surface area contributed by atoms with E-state index < -0.39 is 23.2 Å². The molecule has 2 unspecified atom stereocenters. The zero-order chi connectivity index (χ0) is 22.3. The fourth-order valence-corrected chi connectivity index (χ4v) is 3.58. The monoisotopic (exact) mass is 447 g/mol. The van der Waals surface area contributed by atoms with Gasteiger partial charge in [-0.1, -0.05) is 19.1 Å². The van der Waals surface area contributed by atoms with Gasteiger partial charge in [-0.15, -0.1) is 11.3 Å². The van der Waals surface area contributed by atoms with Gasteiger partial charge < -0.3 is 20.7 Å².